The molecule has 1 aliphatic carbocycles. The zero-order valence-corrected chi connectivity index (χ0v) is 18.1. The first kappa shape index (κ1) is 20.7. The Morgan fingerprint density at radius 1 is 1.25 bits per heavy atom. The van der Waals surface area contributed by atoms with Crippen LogP contribution in [0.5, 0.6) is 0 Å². The van der Waals surface area contributed by atoms with Gasteiger partial charge in [-0.25, -0.2) is 19.6 Å². The number of anilines is 2. The van der Waals surface area contributed by atoms with Crippen molar-refractivity contribution >= 4 is 34.2 Å². The van der Waals surface area contributed by atoms with Crippen LogP contribution in [-0.2, 0) is 0 Å². The van der Waals surface area contributed by atoms with Crippen molar-refractivity contribution in [2.24, 2.45) is 0 Å². The number of nitrogens with zero attached hydrogens (tertiary/aromatic N) is 4. The Morgan fingerprint density at radius 3 is 2.66 bits per heavy atom. The summed E-state index contributed by atoms with van der Waals surface area (Å²) in [6.07, 6.45) is 3.55. The lowest BCUT2D eigenvalue weighted by atomic mass is 10.1. The van der Waals surface area contributed by atoms with Crippen LogP contribution >= 0.6 is 0 Å². The molecule has 1 aromatic carbocycles. The summed E-state index contributed by atoms with van der Waals surface area (Å²) in [4.78, 5) is 25.8. The number of amides is 1. The summed E-state index contributed by atoms with van der Waals surface area (Å²) in [6.45, 7) is 5.79. The Bertz CT molecular complexity index is 1180. The van der Waals surface area contributed by atoms with E-state index >= 15 is 0 Å². The molecule has 4 N–H and O–H groups in total. The molecule has 2 aliphatic rings. The molecule has 1 saturated carbocycles. The van der Waals surface area contributed by atoms with Crippen LogP contribution in [0.25, 0.3) is 11.1 Å². The molecule has 1 saturated heterocycles. The molecule has 0 unspecified atom stereocenters. The van der Waals surface area contributed by atoms with Gasteiger partial charge in [0.05, 0.1) is 16.6 Å². The molecule has 3 heterocycles. The van der Waals surface area contributed by atoms with E-state index in [1.807, 2.05) is 4.90 Å². The number of benzene rings is 1. The zero-order valence-electron chi connectivity index (χ0n) is 18.1. The molecule has 1 aliphatic heterocycles. The van der Waals surface area contributed by atoms with Gasteiger partial charge in [0.15, 0.2) is 11.5 Å². The molecule has 10 heteroatoms. The third-order valence-electron chi connectivity index (χ3n) is 6.33. The SMILES string of the molecule is Cc1oc2ncnc(NC3(C)CC3)c2c1C(=O)N1CCN(c2ccc([NH2+]O)cc2F)CC1. The smallest absolute Gasteiger partial charge is 0.258 e. The van der Waals surface area contributed by atoms with Crippen LogP contribution in [0.2, 0.25) is 0 Å². The standard InChI is InChI=1S/C22H25FN6O3/c1-13-17(18-19(26-22(2)5-6-22)24-12-25-20(18)32-13)21(30)29-9-7-28(8-10-29)16-4-3-14(27-31)11-15(16)23/h3-4,11-12,27,31H,5-10H2,1-2H3,(H,24,25,26)/p+1. The number of hydrogen-bond donors (Lipinski definition) is 3. The highest BCUT2D eigenvalue weighted by Gasteiger charge is 2.39. The molecule has 168 valence electrons. The number of nitrogens with one attached hydrogen (secondary N) is 1. The van der Waals surface area contributed by atoms with Crippen molar-refractivity contribution in [1.82, 2.24) is 14.9 Å². The summed E-state index contributed by atoms with van der Waals surface area (Å²) in [6, 6.07) is 4.60. The van der Waals surface area contributed by atoms with Crippen LogP contribution in [0, 0.1) is 12.7 Å². The number of piperazine rings is 1. The number of hydrogen-bond acceptors (Lipinski definition) is 7. The predicted molar refractivity (Wildman–Crippen MR) is 116 cm³/mol. The van der Waals surface area contributed by atoms with Gasteiger partial charge in [0.25, 0.3) is 5.91 Å². The molecule has 1 amide bonds. The van der Waals surface area contributed by atoms with Gasteiger partial charge in [-0.15, -0.1) is 0 Å². The molecule has 0 radical (unpaired) electrons. The molecule has 0 spiro atoms. The zero-order chi connectivity index (χ0) is 22.5. The number of aromatic nitrogens is 2. The lowest BCUT2D eigenvalue weighted by molar-refractivity contribution is -0.825. The van der Waals surface area contributed by atoms with E-state index in [2.05, 4.69) is 22.2 Å². The van der Waals surface area contributed by atoms with Gasteiger partial charge in [0.2, 0.25) is 5.71 Å². The van der Waals surface area contributed by atoms with E-state index in [-0.39, 0.29) is 11.4 Å². The van der Waals surface area contributed by atoms with Crippen molar-refractivity contribution in [2.45, 2.75) is 32.2 Å². The minimum atomic E-state index is -0.398. The van der Waals surface area contributed by atoms with Crippen LogP contribution in [0.3, 0.4) is 0 Å². The predicted octanol–water partition coefficient (Wildman–Crippen LogP) is 2.18. The average molecular weight is 441 g/mol. The first-order valence-electron chi connectivity index (χ1n) is 10.7. The summed E-state index contributed by atoms with van der Waals surface area (Å²) in [5, 5.41) is 13.1. The lowest BCUT2D eigenvalue weighted by Gasteiger charge is -2.36. The molecule has 5 rings (SSSR count). The largest absolute Gasteiger partial charge is 0.442 e. The summed E-state index contributed by atoms with van der Waals surface area (Å²) in [5.41, 5.74) is 2.62. The number of halogens is 1. The Hall–Kier alpha value is -3.24. The highest BCUT2D eigenvalue weighted by atomic mass is 19.1. The van der Waals surface area contributed by atoms with Gasteiger partial charge >= 0.3 is 0 Å². The van der Waals surface area contributed by atoms with Crippen LogP contribution < -0.4 is 15.7 Å². The molecule has 9 nitrogen and oxygen atoms in total. The number of nitrogens with two attached hydrogens (primary N) is 1. The fourth-order valence-corrected chi connectivity index (χ4v) is 4.16. The second-order valence-corrected chi connectivity index (χ2v) is 8.74. The Balaban J connectivity index is 1.37. The molecular formula is C22H26FN6O3+. The van der Waals surface area contributed by atoms with E-state index in [9.17, 15) is 9.18 Å². The summed E-state index contributed by atoms with van der Waals surface area (Å²) < 4.78 is 20.2. The lowest BCUT2D eigenvalue weighted by Crippen LogP contribution is -2.73. The van der Waals surface area contributed by atoms with Crippen LogP contribution in [0.4, 0.5) is 21.6 Å². The maximum Gasteiger partial charge on any atom is 0.258 e. The minimum Gasteiger partial charge on any atom is -0.442 e. The van der Waals surface area contributed by atoms with E-state index in [4.69, 9.17) is 9.62 Å². The number of fused-ring (bicyclic) bond motifs is 1. The van der Waals surface area contributed by atoms with Crippen molar-refractivity contribution < 1.29 is 24.3 Å². The van der Waals surface area contributed by atoms with Gasteiger partial charge in [0, 0.05) is 43.9 Å². The summed E-state index contributed by atoms with van der Waals surface area (Å²) >= 11 is 0. The number of quaternary nitrogens is 1. The molecular weight excluding hydrogens is 415 g/mol. The Labute approximate surface area is 184 Å². The van der Waals surface area contributed by atoms with E-state index in [0.717, 1.165) is 18.3 Å². The molecule has 2 fully saturated rings. The highest BCUT2D eigenvalue weighted by Crippen LogP contribution is 2.40. The summed E-state index contributed by atoms with van der Waals surface area (Å²) in [7, 11) is 0. The van der Waals surface area contributed by atoms with Gasteiger partial charge in [-0.1, -0.05) is 0 Å². The monoisotopic (exact) mass is 441 g/mol. The molecule has 0 atom stereocenters. The second-order valence-electron chi connectivity index (χ2n) is 8.74. The van der Waals surface area contributed by atoms with Crippen LogP contribution in [0.1, 0.15) is 35.9 Å². The first-order valence-corrected chi connectivity index (χ1v) is 10.7. The van der Waals surface area contributed by atoms with E-state index < -0.39 is 5.82 Å². The number of carbonyl (C=O) groups is 1. The first-order chi connectivity index (χ1) is 15.4. The topological polar surface area (TPSA) is 111 Å². The third-order valence-corrected chi connectivity index (χ3v) is 6.33. The second kappa shape index (κ2) is 7.72. The fraction of sp³-hybridized carbons (Fsp3) is 0.409. The van der Waals surface area contributed by atoms with E-state index in [1.54, 1.807) is 24.0 Å². The van der Waals surface area contributed by atoms with E-state index in [1.165, 1.54) is 12.4 Å². The maximum absolute atomic E-state index is 14.4. The third kappa shape index (κ3) is 3.65. The summed E-state index contributed by atoms with van der Waals surface area (Å²) in [5.74, 6) is 0.603. The molecule has 3 aromatic rings. The van der Waals surface area contributed by atoms with Gasteiger partial charge < -0.3 is 19.5 Å². The van der Waals surface area contributed by atoms with Gasteiger partial charge in [-0.3, -0.25) is 4.79 Å². The number of furan rings is 1. The van der Waals surface area contributed by atoms with Crippen molar-refractivity contribution in [3.8, 4) is 0 Å². The molecule has 0 bridgehead atoms. The Kier molecular flexibility index (Phi) is 4.98. The number of rotatable bonds is 5. The van der Waals surface area contributed by atoms with Crippen molar-refractivity contribution in [2.75, 3.05) is 36.4 Å². The minimum absolute atomic E-state index is 0.00813. The number of aryl methyl sites for hydroxylation is 1. The van der Waals surface area contributed by atoms with Crippen molar-refractivity contribution in [3.05, 3.63) is 41.7 Å². The van der Waals surface area contributed by atoms with Crippen LogP contribution in [-0.4, -0.2) is 57.7 Å². The molecule has 2 aromatic heterocycles. The highest BCUT2D eigenvalue weighted by molar-refractivity contribution is 6.10. The van der Waals surface area contributed by atoms with Crippen LogP contribution in [0.15, 0.2) is 28.9 Å². The molecule has 32 heavy (non-hydrogen) atoms. The van der Waals surface area contributed by atoms with Gasteiger partial charge in [-0.05, 0) is 32.8 Å². The van der Waals surface area contributed by atoms with Crippen molar-refractivity contribution in [3.63, 3.8) is 0 Å². The average Bonchev–Trinajstić information content (AvgIpc) is 3.41. The quantitative estimate of drug-likeness (QED) is 0.411. The van der Waals surface area contributed by atoms with E-state index in [0.29, 0.717) is 65.8 Å². The normalized spacial score (nSPS) is 17.6. The Morgan fingerprint density at radius 2 is 2.00 bits per heavy atom. The fourth-order valence-electron chi connectivity index (χ4n) is 4.16. The number of carbonyl (C=O) groups excluding carboxylic acids is 1. The van der Waals surface area contributed by atoms with Crippen molar-refractivity contribution in [1.29, 1.82) is 0 Å². The van der Waals surface area contributed by atoms with Gasteiger partial charge in [-0.2, -0.15) is 5.48 Å². The van der Waals surface area contributed by atoms with Gasteiger partial charge in [0.1, 0.15) is 17.9 Å². The maximum atomic E-state index is 14.4.